The minimum atomic E-state index is -0.0575. The predicted octanol–water partition coefficient (Wildman–Crippen LogP) is 2.65. The van der Waals surface area contributed by atoms with Gasteiger partial charge in [-0.25, -0.2) is 0 Å². The summed E-state index contributed by atoms with van der Waals surface area (Å²) in [4.78, 5) is 25.1. The molecule has 0 saturated carbocycles. The molecule has 0 bridgehead atoms. The second-order valence-corrected chi connectivity index (χ2v) is 9.32. The third-order valence-electron chi connectivity index (χ3n) is 6.40. The van der Waals surface area contributed by atoms with Gasteiger partial charge in [0, 0.05) is 48.9 Å². The van der Waals surface area contributed by atoms with Crippen LogP contribution < -0.4 is 15.9 Å². The molecule has 5 rings (SSSR count). The van der Waals surface area contributed by atoms with E-state index in [2.05, 4.69) is 22.5 Å². The van der Waals surface area contributed by atoms with E-state index in [1.54, 1.807) is 10.6 Å². The number of anilines is 1. The molecule has 9 heteroatoms. The summed E-state index contributed by atoms with van der Waals surface area (Å²) >= 11 is 6.09. The summed E-state index contributed by atoms with van der Waals surface area (Å²) in [6, 6.07) is 13.4. The Morgan fingerprint density at radius 3 is 3.00 bits per heavy atom. The summed E-state index contributed by atoms with van der Waals surface area (Å²) in [5, 5.41) is 9.49. The number of nitrogens with one attached hydrogen (secondary N) is 1. The van der Waals surface area contributed by atoms with Crippen molar-refractivity contribution in [2.24, 2.45) is 0 Å². The van der Waals surface area contributed by atoms with Crippen LogP contribution in [0, 0.1) is 0 Å². The molecule has 3 aromatic rings. The Hall–Kier alpha value is -3.01. The fraction of sp³-hybridized carbons (Fsp3) is 0.333. The van der Waals surface area contributed by atoms with Crippen LogP contribution in [0.15, 0.2) is 65.7 Å². The Morgan fingerprint density at radius 2 is 2.17 bits per heavy atom. The first kappa shape index (κ1) is 24.7. The first-order chi connectivity index (χ1) is 17.6. The number of hydrogen-bond acceptors (Lipinski definition) is 7. The summed E-state index contributed by atoms with van der Waals surface area (Å²) in [5.74, 6) is 0. The van der Waals surface area contributed by atoms with Crippen molar-refractivity contribution in [1.82, 2.24) is 15.0 Å². The fourth-order valence-corrected chi connectivity index (χ4v) is 4.83. The maximum Gasteiger partial charge on any atom is 0.251 e. The van der Waals surface area contributed by atoms with Crippen LogP contribution in [-0.4, -0.2) is 60.2 Å². The van der Waals surface area contributed by atoms with E-state index in [0.717, 1.165) is 46.6 Å². The van der Waals surface area contributed by atoms with Crippen LogP contribution in [0.2, 0.25) is 5.02 Å². The van der Waals surface area contributed by atoms with Crippen LogP contribution in [0.4, 0.5) is 5.69 Å². The lowest BCUT2D eigenvalue weighted by Gasteiger charge is -2.34. The van der Waals surface area contributed by atoms with Gasteiger partial charge in [-0.15, -0.1) is 0 Å². The largest absolute Gasteiger partial charge is 0.394 e. The lowest BCUT2D eigenvalue weighted by molar-refractivity contribution is -0.0272. The number of pyridine rings is 2. The number of hydrogen-bond donors (Lipinski definition) is 2. The van der Waals surface area contributed by atoms with E-state index >= 15 is 0 Å². The normalized spacial score (nSPS) is 17.2. The number of hydroxylamine groups is 1. The molecular weight excluding hydrogens is 480 g/mol. The van der Waals surface area contributed by atoms with E-state index in [-0.39, 0.29) is 24.9 Å². The molecule has 2 aromatic heterocycles. The van der Waals surface area contributed by atoms with Crippen molar-refractivity contribution in [3.63, 3.8) is 0 Å². The first-order valence-electron chi connectivity index (χ1n) is 12.1. The highest BCUT2D eigenvalue weighted by atomic mass is 35.5. The standard InChI is InChI=1S/C27H29ClN4O4/c28-21-3-1-2-19(12-21)17-32-7-6-20(13-27(32)34)24-4-5-26-25(24)14-22(15-29-26)31-8-10-35-23(18-31)16-30-36-11-9-33/h1-4,6-7,12-15,23,30,33H,5,8-11,16-18H2. The van der Waals surface area contributed by atoms with E-state index in [1.165, 1.54) is 0 Å². The first-order valence-corrected chi connectivity index (χ1v) is 12.5. The zero-order chi connectivity index (χ0) is 24.9. The second-order valence-electron chi connectivity index (χ2n) is 8.88. The summed E-state index contributed by atoms with van der Waals surface area (Å²) in [7, 11) is 0. The molecule has 1 fully saturated rings. The molecule has 1 unspecified atom stereocenters. The molecule has 1 atom stereocenters. The van der Waals surface area contributed by atoms with Gasteiger partial charge in [-0.3, -0.25) is 14.6 Å². The molecule has 1 aliphatic heterocycles. The van der Waals surface area contributed by atoms with Crippen molar-refractivity contribution < 1.29 is 14.7 Å². The van der Waals surface area contributed by atoms with Gasteiger partial charge in [0.15, 0.2) is 0 Å². The summed E-state index contributed by atoms with van der Waals surface area (Å²) < 4.78 is 7.53. The number of nitrogens with zero attached hydrogens (tertiary/aromatic N) is 3. The molecule has 0 amide bonds. The van der Waals surface area contributed by atoms with Gasteiger partial charge in [0.05, 0.1) is 50.0 Å². The molecule has 1 aromatic carbocycles. The Balaban J connectivity index is 1.31. The zero-order valence-corrected chi connectivity index (χ0v) is 20.7. The number of morpholine rings is 1. The molecule has 2 N–H and O–H groups in total. The molecule has 2 aliphatic rings. The minimum absolute atomic E-state index is 0.0293. The Kier molecular flexibility index (Phi) is 7.79. The van der Waals surface area contributed by atoms with Gasteiger partial charge in [0.2, 0.25) is 0 Å². The summed E-state index contributed by atoms with van der Waals surface area (Å²) in [6.07, 6.45) is 6.60. The second kappa shape index (κ2) is 11.4. The SMILES string of the molecule is O=c1cc(C2=CCc3ncc(N4CCOC(CNOCCO)C4)cc32)ccn1Cc1cccc(Cl)c1. The number of ether oxygens (including phenoxy) is 1. The number of aliphatic hydroxyl groups excluding tert-OH is 1. The van der Waals surface area contributed by atoms with Gasteiger partial charge < -0.3 is 19.3 Å². The third-order valence-corrected chi connectivity index (χ3v) is 6.64. The van der Waals surface area contributed by atoms with Crippen molar-refractivity contribution in [1.29, 1.82) is 0 Å². The average molecular weight is 509 g/mol. The quantitative estimate of drug-likeness (QED) is 0.339. The number of halogens is 1. The molecule has 0 radical (unpaired) electrons. The van der Waals surface area contributed by atoms with Gasteiger partial charge in [-0.1, -0.05) is 29.8 Å². The Labute approximate surface area is 214 Å². The van der Waals surface area contributed by atoms with Crippen LogP contribution in [0.3, 0.4) is 0 Å². The maximum absolute atomic E-state index is 12.9. The van der Waals surface area contributed by atoms with Gasteiger partial charge in [0.25, 0.3) is 5.56 Å². The number of allylic oxidation sites excluding steroid dienone is 1. The fourth-order valence-electron chi connectivity index (χ4n) is 4.62. The lowest BCUT2D eigenvalue weighted by atomic mass is 10.0. The molecular formula is C27H29ClN4O4. The highest BCUT2D eigenvalue weighted by Gasteiger charge is 2.24. The van der Waals surface area contributed by atoms with Crippen LogP contribution in [0.5, 0.6) is 0 Å². The highest BCUT2D eigenvalue weighted by Crippen LogP contribution is 2.34. The minimum Gasteiger partial charge on any atom is -0.394 e. The van der Waals surface area contributed by atoms with Crippen molar-refractivity contribution >= 4 is 22.9 Å². The van der Waals surface area contributed by atoms with Crippen LogP contribution in [0.1, 0.15) is 22.4 Å². The molecule has 3 heterocycles. The Bertz CT molecular complexity index is 1310. The van der Waals surface area contributed by atoms with Crippen molar-refractivity contribution in [2.45, 2.75) is 19.1 Å². The summed E-state index contributed by atoms with van der Waals surface area (Å²) in [6.45, 7) is 3.30. The van der Waals surface area contributed by atoms with Crippen LogP contribution >= 0.6 is 11.6 Å². The molecule has 188 valence electrons. The number of aromatic nitrogens is 2. The van der Waals surface area contributed by atoms with Crippen molar-refractivity contribution in [3.8, 4) is 0 Å². The number of fused-ring (bicyclic) bond motifs is 1. The van der Waals surface area contributed by atoms with Crippen molar-refractivity contribution in [2.75, 3.05) is 44.4 Å². The molecule has 1 saturated heterocycles. The third kappa shape index (κ3) is 5.69. The van der Waals surface area contributed by atoms with E-state index in [0.29, 0.717) is 31.3 Å². The number of aliphatic hydroxyl groups is 1. The molecule has 0 spiro atoms. The van der Waals surface area contributed by atoms with E-state index in [1.807, 2.05) is 42.7 Å². The molecule has 36 heavy (non-hydrogen) atoms. The predicted molar refractivity (Wildman–Crippen MR) is 139 cm³/mol. The topological polar surface area (TPSA) is 88.9 Å². The smallest absolute Gasteiger partial charge is 0.251 e. The average Bonchev–Trinajstić information content (AvgIpc) is 3.31. The molecule has 1 aliphatic carbocycles. The van der Waals surface area contributed by atoms with Gasteiger partial charge >= 0.3 is 0 Å². The lowest BCUT2D eigenvalue weighted by Crippen LogP contribution is -2.46. The van der Waals surface area contributed by atoms with Crippen molar-refractivity contribution in [3.05, 3.63) is 98.7 Å². The number of rotatable bonds is 9. The zero-order valence-electron chi connectivity index (χ0n) is 19.9. The van der Waals surface area contributed by atoms with Crippen LogP contribution in [0.25, 0.3) is 5.57 Å². The van der Waals surface area contributed by atoms with Gasteiger partial charge in [0.1, 0.15) is 0 Å². The highest BCUT2D eigenvalue weighted by molar-refractivity contribution is 6.30. The van der Waals surface area contributed by atoms with Crippen LogP contribution in [-0.2, 0) is 22.5 Å². The molecule has 8 nitrogen and oxygen atoms in total. The van der Waals surface area contributed by atoms with E-state index in [9.17, 15) is 4.79 Å². The van der Waals surface area contributed by atoms with Gasteiger partial charge in [-0.05, 0) is 41.0 Å². The monoisotopic (exact) mass is 508 g/mol. The number of benzene rings is 1. The summed E-state index contributed by atoms with van der Waals surface area (Å²) in [5.41, 5.74) is 8.81. The van der Waals surface area contributed by atoms with Gasteiger partial charge in [-0.2, -0.15) is 5.48 Å². The maximum atomic E-state index is 12.9. The van der Waals surface area contributed by atoms with E-state index < -0.39 is 0 Å². The Morgan fingerprint density at radius 1 is 1.25 bits per heavy atom. The van der Waals surface area contributed by atoms with E-state index in [4.69, 9.17) is 31.3 Å².